The Kier molecular flexibility index (Phi) is 2.80. The standard InChI is InChI=1S/C15H18N2O/c1-11-8-16-7-6-15(11,18)14-10-17-9-12-4-2-3-5-13(12)14/h2-5,9-11,16,18H,6-8H2,1H3. The summed E-state index contributed by atoms with van der Waals surface area (Å²) in [5.74, 6) is 0.193. The summed E-state index contributed by atoms with van der Waals surface area (Å²) in [6.45, 7) is 3.79. The number of aliphatic hydroxyl groups is 1. The summed E-state index contributed by atoms with van der Waals surface area (Å²) < 4.78 is 0. The second-order valence-corrected chi connectivity index (χ2v) is 5.19. The van der Waals surface area contributed by atoms with Crippen LogP contribution in [-0.2, 0) is 5.60 Å². The molecule has 3 nitrogen and oxygen atoms in total. The average Bonchev–Trinajstić information content (AvgIpc) is 2.41. The van der Waals surface area contributed by atoms with Crippen LogP contribution in [0, 0.1) is 5.92 Å². The molecule has 18 heavy (non-hydrogen) atoms. The second-order valence-electron chi connectivity index (χ2n) is 5.19. The van der Waals surface area contributed by atoms with E-state index in [4.69, 9.17) is 0 Å². The summed E-state index contributed by atoms with van der Waals surface area (Å²) in [5.41, 5.74) is 0.202. The van der Waals surface area contributed by atoms with E-state index in [1.54, 1.807) is 0 Å². The average molecular weight is 242 g/mol. The Morgan fingerprint density at radius 2 is 2.17 bits per heavy atom. The van der Waals surface area contributed by atoms with Crippen molar-refractivity contribution in [1.29, 1.82) is 0 Å². The molecule has 1 aromatic carbocycles. The van der Waals surface area contributed by atoms with E-state index in [1.807, 2.05) is 30.6 Å². The Labute approximate surface area is 107 Å². The fourth-order valence-electron chi connectivity index (χ4n) is 2.87. The number of pyridine rings is 1. The molecule has 1 fully saturated rings. The van der Waals surface area contributed by atoms with Crippen LogP contribution < -0.4 is 5.32 Å². The Hall–Kier alpha value is -1.45. The van der Waals surface area contributed by atoms with Gasteiger partial charge in [0.05, 0.1) is 5.60 Å². The first-order chi connectivity index (χ1) is 8.72. The summed E-state index contributed by atoms with van der Waals surface area (Å²) in [6.07, 6.45) is 4.42. The van der Waals surface area contributed by atoms with Crippen molar-refractivity contribution < 1.29 is 5.11 Å². The van der Waals surface area contributed by atoms with Crippen LogP contribution in [0.5, 0.6) is 0 Å². The molecule has 2 atom stereocenters. The first kappa shape index (κ1) is 11.6. The number of rotatable bonds is 1. The van der Waals surface area contributed by atoms with Gasteiger partial charge in [0.2, 0.25) is 0 Å². The monoisotopic (exact) mass is 242 g/mol. The smallest absolute Gasteiger partial charge is 0.0966 e. The van der Waals surface area contributed by atoms with Crippen molar-refractivity contribution in [3.63, 3.8) is 0 Å². The Morgan fingerprint density at radius 3 is 3.00 bits per heavy atom. The predicted molar refractivity (Wildman–Crippen MR) is 72.3 cm³/mol. The summed E-state index contributed by atoms with van der Waals surface area (Å²) in [6, 6.07) is 8.13. The van der Waals surface area contributed by atoms with Gasteiger partial charge in [-0.15, -0.1) is 0 Å². The zero-order chi connectivity index (χ0) is 12.6. The lowest BCUT2D eigenvalue weighted by molar-refractivity contribution is -0.0381. The Morgan fingerprint density at radius 1 is 1.33 bits per heavy atom. The SMILES string of the molecule is CC1CNCCC1(O)c1cncc2ccccc12. The van der Waals surface area contributed by atoms with Crippen molar-refractivity contribution >= 4 is 10.8 Å². The highest BCUT2D eigenvalue weighted by Gasteiger charge is 2.38. The van der Waals surface area contributed by atoms with E-state index in [-0.39, 0.29) is 5.92 Å². The molecule has 3 heteroatoms. The minimum Gasteiger partial charge on any atom is -0.385 e. The highest BCUT2D eigenvalue weighted by atomic mass is 16.3. The van der Waals surface area contributed by atoms with Gasteiger partial charge < -0.3 is 10.4 Å². The van der Waals surface area contributed by atoms with E-state index in [0.717, 1.165) is 35.8 Å². The van der Waals surface area contributed by atoms with Crippen molar-refractivity contribution in [3.8, 4) is 0 Å². The van der Waals surface area contributed by atoms with E-state index >= 15 is 0 Å². The molecule has 0 radical (unpaired) electrons. The van der Waals surface area contributed by atoms with Crippen molar-refractivity contribution in [3.05, 3.63) is 42.2 Å². The van der Waals surface area contributed by atoms with Gasteiger partial charge in [0.1, 0.15) is 0 Å². The lowest BCUT2D eigenvalue weighted by Gasteiger charge is -2.39. The van der Waals surface area contributed by atoms with E-state index in [2.05, 4.69) is 23.3 Å². The maximum Gasteiger partial charge on any atom is 0.0966 e. The number of benzene rings is 1. The Balaban J connectivity index is 2.19. The molecule has 2 N–H and O–H groups in total. The number of fused-ring (bicyclic) bond motifs is 1. The molecule has 0 saturated carbocycles. The van der Waals surface area contributed by atoms with Crippen molar-refractivity contribution in [2.24, 2.45) is 5.92 Å². The molecule has 0 spiro atoms. The van der Waals surface area contributed by atoms with Crippen LogP contribution in [0.2, 0.25) is 0 Å². The summed E-state index contributed by atoms with van der Waals surface area (Å²) in [7, 11) is 0. The van der Waals surface area contributed by atoms with Gasteiger partial charge >= 0.3 is 0 Å². The molecule has 0 amide bonds. The zero-order valence-electron chi connectivity index (χ0n) is 10.6. The largest absolute Gasteiger partial charge is 0.385 e. The van der Waals surface area contributed by atoms with Crippen LogP contribution in [0.4, 0.5) is 0 Å². The maximum atomic E-state index is 11.0. The van der Waals surface area contributed by atoms with E-state index < -0.39 is 5.60 Å². The highest BCUT2D eigenvalue weighted by Crippen LogP contribution is 2.37. The van der Waals surface area contributed by atoms with Crippen LogP contribution in [-0.4, -0.2) is 23.2 Å². The third kappa shape index (κ3) is 1.71. The summed E-state index contributed by atoms with van der Waals surface area (Å²) in [5, 5.41) is 16.6. The molecule has 2 aromatic rings. The molecule has 2 unspecified atom stereocenters. The van der Waals surface area contributed by atoms with Crippen LogP contribution in [0.15, 0.2) is 36.7 Å². The van der Waals surface area contributed by atoms with Crippen LogP contribution in [0.25, 0.3) is 10.8 Å². The lowest BCUT2D eigenvalue weighted by atomic mass is 9.77. The van der Waals surface area contributed by atoms with Crippen LogP contribution in [0.3, 0.4) is 0 Å². The lowest BCUT2D eigenvalue weighted by Crippen LogP contribution is -2.46. The normalized spacial score (nSPS) is 28.4. The Bertz CT molecular complexity index is 564. The van der Waals surface area contributed by atoms with Gasteiger partial charge in [-0.1, -0.05) is 31.2 Å². The fourth-order valence-corrected chi connectivity index (χ4v) is 2.87. The molecule has 1 aromatic heterocycles. The van der Waals surface area contributed by atoms with Gasteiger partial charge in [-0.05, 0) is 18.4 Å². The number of hydrogen-bond acceptors (Lipinski definition) is 3. The predicted octanol–water partition coefficient (Wildman–Crippen LogP) is 2.05. The first-order valence-corrected chi connectivity index (χ1v) is 6.48. The van der Waals surface area contributed by atoms with Crippen LogP contribution >= 0.6 is 0 Å². The molecular weight excluding hydrogens is 224 g/mol. The number of nitrogens with zero attached hydrogens (tertiary/aromatic N) is 1. The topological polar surface area (TPSA) is 45.1 Å². The molecule has 1 aliphatic heterocycles. The van der Waals surface area contributed by atoms with Crippen LogP contribution in [0.1, 0.15) is 18.9 Å². The van der Waals surface area contributed by atoms with Gasteiger partial charge in [-0.25, -0.2) is 0 Å². The minimum absolute atomic E-state index is 0.193. The molecule has 1 saturated heterocycles. The minimum atomic E-state index is -0.765. The van der Waals surface area contributed by atoms with Gasteiger partial charge in [0, 0.05) is 35.8 Å². The molecular formula is C15H18N2O. The quantitative estimate of drug-likeness (QED) is 0.804. The number of aromatic nitrogens is 1. The first-order valence-electron chi connectivity index (χ1n) is 6.48. The molecule has 94 valence electrons. The number of hydrogen-bond donors (Lipinski definition) is 2. The van der Waals surface area contributed by atoms with Gasteiger partial charge in [-0.3, -0.25) is 4.98 Å². The summed E-state index contributed by atoms with van der Waals surface area (Å²) in [4.78, 5) is 4.29. The summed E-state index contributed by atoms with van der Waals surface area (Å²) >= 11 is 0. The maximum absolute atomic E-state index is 11.0. The van der Waals surface area contributed by atoms with Gasteiger partial charge in [0.15, 0.2) is 0 Å². The third-order valence-electron chi connectivity index (χ3n) is 4.08. The van der Waals surface area contributed by atoms with E-state index in [1.165, 1.54) is 0 Å². The van der Waals surface area contributed by atoms with Crippen molar-refractivity contribution in [2.75, 3.05) is 13.1 Å². The van der Waals surface area contributed by atoms with Crippen molar-refractivity contribution in [1.82, 2.24) is 10.3 Å². The zero-order valence-corrected chi connectivity index (χ0v) is 10.6. The molecule has 0 bridgehead atoms. The molecule has 1 aliphatic rings. The molecule has 3 rings (SSSR count). The van der Waals surface area contributed by atoms with E-state index in [9.17, 15) is 5.11 Å². The second kappa shape index (κ2) is 4.34. The highest BCUT2D eigenvalue weighted by molar-refractivity contribution is 5.85. The van der Waals surface area contributed by atoms with Gasteiger partial charge in [-0.2, -0.15) is 0 Å². The molecule has 0 aliphatic carbocycles. The fraction of sp³-hybridized carbons (Fsp3) is 0.400. The van der Waals surface area contributed by atoms with Crippen molar-refractivity contribution in [2.45, 2.75) is 18.9 Å². The van der Waals surface area contributed by atoms with E-state index in [0.29, 0.717) is 0 Å². The number of piperidine rings is 1. The van der Waals surface area contributed by atoms with Gasteiger partial charge in [0.25, 0.3) is 0 Å². The third-order valence-corrected chi connectivity index (χ3v) is 4.08. The molecule has 2 heterocycles. The number of nitrogens with one attached hydrogen (secondary N) is 1.